The molecule has 1 aromatic heterocycles. The number of rotatable bonds is 6. The van der Waals surface area contributed by atoms with Crippen LogP contribution in [0.4, 0.5) is 5.69 Å². The minimum atomic E-state index is -0.537. The molecule has 1 aliphatic rings. The molecular formula is C26H28N4O3. The molecule has 0 saturated carbocycles. The third-order valence-corrected chi connectivity index (χ3v) is 6.65. The van der Waals surface area contributed by atoms with Gasteiger partial charge in [-0.1, -0.05) is 48.5 Å². The van der Waals surface area contributed by atoms with Crippen molar-refractivity contribution in [1.82, 2.24) is 14.4 Å². The van der Waals surface area contributed by atoms with Crippen LogP contribution in [-0.2, 0) is 6.54 Å². The van der Waals surface area contributed by atoms with Crippen LogP contribution in [0.2, 0.25) is 0 Å². The van der Waals surface area contributed by atoms with Crippen molar-refractivity contribution >= 4 is 27.5 Å². The van der Waals surface area contributed by atoms with E-state index in [1.165, 1.54) is 10.8 Å². The Morgan fingerprint density at radius 1 is 0.879 bits per heavy atom. The van der Waals surface area contributed by atoms with Crippen LogP contribution in [0.1, 0.15) is 18.7 Å². The lowest BCUT2D eigenvalue weighted by atomic mass is 10.1. The minimum absolute atomic E-state index is 0.120. The Morgan fingerprint density at radius 3 is 1.94 bits per heavy atom. The molecular weight excluding hydrogens is 416 g/mol. The average molecular weight is 445 g/mol. The Bertz CT molecular complexity index is 1220. The van der Waals surface area contributed by atoms with Crippen LogP contribution in [0.5, 0.6) is 0 Å². The van der Waals surface area contributed by atoms with E-state index in [1.807, 2.05) is 19.1 Å². The van der Waals surface area contributed by atoms with Gasteiger partial charge in [-0.3, -0.25) is 19.9 Å². The first kappa shape index (κ1) is 21.6. The van der Waals surface area contributed by atoms with Crippen molar-refractivity contribution in [3.63, 3.8) is 0 Å². The van der Waals surface area contributed by atoms with E-state index in [0.717, 1.165) is 49.3 Å². The molecule has 2 atom stereocenters. The number of piperazine rings is 1. The summed E-state index contributed by atoms with van der Waals surface area (Å²) in [5.41, 5.74) is 3.47. The number of benzene rings is 3. The van der Waals surface area contributed by atoms with Gasteiger partial charge < -0.3 is 9.67 Å². The number of aliphatic hydroxyl groups is 1. The number of hydrogen-bond donors (Lipinski definition) is 1. The van der Waals surface area contributed by atoms with E-state index in [2.05, 4.69) is 62.9 Å². The molecule has 4 aromatic rings. The van der Waals surface area contributed by atoms with E-state index < -0.39 is 6.10 Å². The molecule has 0 spiro atoms. The highest BCUT2D eigenvalue weighted by molar-refractivity contribution is 6.08. The summed E-state index contributed by atoms with van der Waals surface area (Å²) in [5.74, 6) is 0. The van der Waals surface area contributed by atoms with Gasteiger partial charge in [0.2, 0.25) is 0 Å². The zero-order chi connectivity index (χ0) is 22.9. The molecule has 0 radical (unpaired) electrons. The molecule has 0 bridgehead atoms. The van der Waals surface area contributed by atoms with Crippen molar-refractivity contribution < 1.29 is 10.0 Å². The number of nitro benzene ring substituents is 1. The summed E-state index contributed by atoms with van der Waals surface area (Å²) >= 11 is 0. The highest BCUT2D eigenvalue weighted by Gasteiger charge is 2.30. The van der Waals surface area contributed by atoms with Crippen molar-refractivity contribution in [1.29, 1.82) is 0 Å². The number of hydrogen-bond acceptors (Lipinski definition) is 5. The Balaban J connectivity index is 1.37. The third-order valence-electron chi connectivity index (χ3n) is 6.65. The normalized spacial score (nSPS) is 17.4. The van der Waals surface area contributed by atoms with Gasteiger partial charge >= 0.3 is 0 Å². The molecule has 5 rings (SSSR count). The van der Waals surface area contributed by atoms with Crippen LogP contribution in [0.3, 0.4) is 0 Å². The highest BCUT2D eigenvalue weighted by atomic mass is 16.6. The molecule has 0 aliphatic carbocycles. The summed E-state index contributed by atoms with van der Waals surface area (Å²) in [6.45, 7) is 6.06. The Kier molecular flexibility index (Phi) is 5.85. The number of aromatic nitrogens is 1. The predicted molar refractivity (Wildman–Crippen MR) is 130 cm³/mol. The fourth-order valence-corrected chi connectivity index (χ4v) is 5.09. The Labute approximate surface area is 192 Å². The summed E-state index contributed by atoms with van der Waals surface area (Å²) in [6, 6.07) is 23.6. The quantitative estimate of drug-likeness (QED) is 0.352. The predicted octanol–water partition coefficient (Wildman–Crippen LogP) is 4.40. The topological polar surface area (TPSA) is 74.8 Å². The van der Waals surface area contributed by atoms with E-state index >= 15 is 0 Å². The van der Waals surface area contributed by atoms with Crippen LogP contribution in [-0.4, -0.2) is 56.7 Å². The number of nitrogens with zero attached hydrogens (tertiary/aromatic N) is 4. The number of aliphatic hydroxyl groups excluding tert-OH is 1. The van der Waals surface area contributed by atoms with Gasteiger partial charge in [0.1, 0.15) is 6.17 Å². The SMILES string of the molecule is CC(O)C(N1CCN(Cc2ccc([N+](=O)[O-])cc2)CC1)n1c2ccccc2c2ccccc21. The second kappa shape index (κ2) is 8.94. The zero-order valence-electron chi connectivity index (χ0n) is 18.7. The van der Waals surface area contributed by atoms with Crippen molar-refractivity contribution in [2.75, 3.05) is 26.2 Å². The van der Waals surface area contributed by atoms with Crippen molar-refractivity contribution in [2.24, 2.45) is 0 Å². The Morgan fingerprint density at radius 2 is 1.42 bits per heavy atom. The smallest absolute Gasteiger partial charge is 0.269 e. The standard InChI is InChI=1S/C26H28N4O3/c1-19(31)26(29-24-8-4-2-6-22(24)23-7-3-5-9-25(23)29)28-16-14-27(15-17-28)18-20-10-12-21(13-11-20)30(32)33/h2-13,19,26,31H,14-18H2,1H3. The Hall–Kier alpha value is -3.26. The second-order valence-corrected chi connectivity index (χ2v) is 8.79. The lowest BCUT2D eigenvalue weighted by molar-refractivity contribution is -0.384. The molecule has 1 aliphatic heterocycles. The first-order chi connectivity index (χ1) is 16.0. The first-order valence-electron chi connectivity index (χ1n) is 11.4. The summed E-state index contributed by atoms with van der Waals surface area (Å²) in [4.78, 5) is 15.3. The maximum absolute atomic E-state index is 10.9. The summed E-state index contributed by atoms with van der Waals surface area (Å²) in [5, 5.41) is 24.2. The van der Waals surface area contributed by atoms with Crippen molar-refractivity contribution in [3.8, 4) is 0 Å². The lowest BCUT2D eigenvalue weighted by Crippen LogP contribution is -2.50. The van der Waals surface area contributed by atoms with E-state index in [0.29, 0.717) is 0 Å². The molecule has 2 unspecified atom stereocenters. The van der Waals surface area contributed by atoms with Gasteiger partial charge in [-0.15, -0.1) is 0 Å². The van der Waals surface area contributed by atoms with Gasteiger partial charge in [0.25, 0.3) is 5.69 Å². The van der Waals surface area contributed by atoms with Gasteiger partial charge in [-0.25, -0.2) is 0 Å². The van der Waals surface area contributed by atoms with Crippen molar-refractivity contribution in [2.45, 2.75) is 25.7 Å². The van der Waals surface area contributed by atoms with E-state index in [-0.39, 0.29) is 16.8 Å². The van der Waals surface area contributed by atoms with Crippen molar-refractivity contribution in [3.05, 3.63) is 88.5 Å². The summed E-state index contributed by atoms with van der Waals surface area (Å²) in [6.07, 6.45) is -0.693. The molecule has 3 aromatic carbocycles. The molecule has 0 amide bonds. The maximum Gasteiger partial charge on any atom is 0.269 e. The van der Waals surface area contributed by atoms with Gasteiger partial charge in [0.15, 0.2) is 0 Å². The molecule has 7 nitrogen and oxygen atoms in total. The highest BCUT2D eigenvalue weighted by Crippen LogP contribution is 2.34. The monoisotopic (exact) mass is 444 g/mol. The van der Waals surface area contributed by atoms with Gasteiger partial charge in [-0.2, -0.15) is 0 Å². The lowest BCUT2D eigenvalue weighted by Gasteiger charge is -2.41. The number of para-hydroxylation sites is 2. The summed E-state index contributed by atoms with van der Waals surface area (Å²) in [7, 11) is 0. The number of non-ortho nitro benzene ring substituents is 1. The summed E-state index contributed by atoms with van der Waals surface area (Å²) < 4.78 is 2.29. The molecule has 1 saturated heterocycles. The van der Waals surface area contributed by atoms with Crippen LogP contribution in [0, 0.1) is 10.1 Å². The molecule has 170 valence electrons. The maximum atomic E-state index is 10.9. The van der Waals surface area contributed by atoms with Gasteiger partial charge in [0.05, 0.1) is 22.1 Å². The van der Waals surface area contributed by atoms with Crippen LogP contribution in [0.25, 0.3) is 21.8 Å². The molecule has 2 heterocycles. The molecule has 1 N–H and O–H groups in total. The molecule has 33 heavy (non-hydrogen) atoms. The zero-order valence-corrected chi connectivity index (χ0v) is 18.7. The molecule has 7 heteroatoms. The van der Waals surface area contributed by atoms with Gasteiger partial charge in [0, 0.05) is 55.6 Å². The van der Waals surface area contributed by atoms with Crippen LogP contribution >= 0.6 is 0 Å². The number of nitro groups is 1. The largest absolute Gasteiger partial charge is 0.390 e. The third kappa shape index (κ3) is 4.11. The van der Waals surface area contributed by atoms with Gasteiger partial charge in [-0.05, 0) is 24.6 Å². The minimum Gasteiger partial charge on any atom is -0.390 e. The van der Waals surface area contributed by atoms with Crippen LogP contribution < -0.4 is 0 Å². The first-order valence-corrected chi connectivity index (χ1v) is 11.4. The van der Waals surface area contributed by atoms with E-state index in [1.54, 1.807) is 12.1 Å². The fourth-order valence-electron chi connectivity index (χ4n) is 5.09. The van der Waals surface area contributed by atoms with E-state index in [9.17, 15) is 15.2 Å². The molecule has 1 fully saturated rings. The second-order valence-electron chi connectivity index (χ2n) is 8.79. The van der Waals surface area contributed by atoms with E-state index in [4.69, 9.17) is 0 Å². The number of fused-ring (bicyclic) bond motifs is 3. The average Bonchev–Trinajstić information content (AvgIpc) is 3.15. The van der Waals surface area contributed by atoms with Crippen LogP contribution in [0.15, 0.2) is 72.8 Å². The fraction of sp³-hybridized carbons (Fsp3) is 0.308.